The van der Waals surface area contributed by atoms with Crippen molar-refractivity contribution in [3.8, 4) is 0 Å². The summed E-state index contributed by atoms with van der Waals surface area (Å²) >= 11 is 0. The molecule has 0 amide bonds. The van der Waals surface area contributed by atoms with Crippen LogP contribution in [0.5, 0.6) is 0 Å². The molecule has 0 aliphatic rings. The number of anilines is 1. The van der Waals surface area contributed by atoms with Gasteiger partial charge in [0.25, 0.3) is 5.69 Å². The van der Waals surface area contributed by atoms with Crippen molar-refractivity contribution in [2.75, 3.05) is 18.6 Å². The molecule has 0 spiro atoms. The second-order valence-corrected chi connectivity index (χ2v) is 3.82. The first-order valence-electron chi connectivity index (χ1n) is 5.06. The van der Waals surface area contributed by atoms with Crippen molar-refractivity contribution >= 4 is 11.4 Å². The van der Waals surface area contributed by atoms with Gasteiger partial charge in [-0.3, -0.25) is 10.1 Å². The smallest absolute Gasteiger partial charge is 0.274 e. The van der Waals surface area contributed by atoms with E-state index < -0.39 is 4.92 Å². The number of hydrogen-bond donors (Lipinski definition) is 1. The highest BCUT2D eigenvalue weighted by molar-refractivity contribution is 5.61. The van der Waals surface area contributed by atoms with E-state index in [1.165, 1.54) is 6.07 Å². The molecule has 0 aliphatic heterocycles. The van der Waals surface area contributed by atoms with Crippen molar-refractivity contribution < 1.29 is 10.0 Å². The van der Waals surface area contributed by atoms with Crippen LogP contribution in [0.1, 0.15) is 12.5 Å². The van der Waals surface area contributed by atoms with Gasteiger partial charge in [-0.05, 0) is 19.9 Å². The number of nitro groups is 1. The molecule has 0 radical (unpaired) electrons. The lowest BCUT2D eigenvalue weighted by molar-refractivity contribution is -0.385. The molecule has 1 aromatic carbocycles. The van der Waals surface area contributed by atoms with E-state index in [1.54, 1.807) is 13.0 Å². The Balaban J connectivity index is 3.15. The number of nitro benzene ring substituents is 1. The van der Waals surface area contributed by atoms with Crippen LogP contribution < -0.4 is 4.90 Å². The summed E-state index contributed by atoms with van der Waals surface area (Å²) in [6.07, 6.45) is 0. The summed E-state index contributed by atoms with van der Waals surface area (Å²) in [5, 5.41) is 19.8. The van der Waals surface area contributed by atoms with E-state index in [9.17, 15) is 10.1 Å². The Hall–Kier alpha value is -1.62. The maximum atomic E-state index is 10.8. The van der Waals surface area contributed by atoms with Crippen molar-refractivity contribution in [2.45, 2.75) is 19.9 Å². The second-order valence-electron chi connectivity index (χ2n) is 3.82. The number of likely N-dealkylation sites (N-methyl/N-ethyl adjacent to an activating group) is 1. The van der Waals surface area contributed by atoms with Gasteiger partial charge in [-0.25, -0.2) is 0 Å². The Kier molecular flexibility index (Phi) is 3.84. The predicted octanol–water partition coefficient (Wildman–Crippen LogP) is 1.72. The fourth-order valence-corrected chi connectivity index (χ4v) is 1.55. The van der Waals surface area contributed by atoms with Gasteiger partial charge in [0.2, 0.25) is 0 Å². The zero-order valence-electron chi connectivity index (χ0n) is 9.67. The standard InChI is InChI=1S/C11H16N2O3/c1-8(7-14)12(3)10-5-4-6-11(9(10)2)13(15)16/h4-6,8,14H,7H2,1-3H3. The zero-order chi connectivity index (χ0) is 12.3. The number of rotatable bonds is 4. The minimum atomic E-state index is -0.393. The van der Waals surface area contributed by atoms with Gasteiger partial charge in [0.15, 0.2) is 0 Å². The Morgan fingerprint density at radius 1 is 1.56 bits per heavy atom. The van der Waals surface area contributed by atoms with E-state index in [0.29, 0.717) is 5.56 Å². The molecule has 1 rings (SSSR count). The van der Waals surface area contributed by atoms with Crippen molar-refractivity contribution in [1.82, 2.24) is 0 Å². The first kappa shape index (κ1) is 12.4. The monoisotopic (exact) mass is 224 g/mol. The predicted molar refractivity (Wildman–Crippen MR) is 62.8 cm³/mol. The number of nitrogens with zero attached hydrogens (tertiary/aromatic N) is 2. The van der Waals surface area contributed by atoms with Gasteiger partial charge < -0.3 is 10.0 Å². The summed E-state index contributed by atoms with van der Waals surface area (Å²) in [4.78, 5) is 12.2. The van der Waals surface area contributed by atoms with Crippen LogP contribution in [-0.4, -0.2) is 29.7 Å². The van der Waals surface area contributed by atoms with Crippen LogP contribution in [0.3, 0.4) is 0 Å². The largest absolute Gasteiger partial charge is 0.394 e. The van der Waals surface area contributed by atoms with Crippen molar-refractivity contribution in [3.05, 3.63) is 33.9 Å². The molecule has 5 heteroatoms. The number of benzene rings is 1. The van der Waals surface area contributed by atoms with Crippen LogP contribution >= 0.6 is 0 Å². The molecule has 88 valence electrons. The maximum absolute atomic E-state index is 10.8. The summed E-state index contributed by atoms with van der Waals surface area (Å²) in [7, 11) is 1.81. The van der Waals surface area contributed by atoms with E-state index in [1.807, 2.05) is 24.9 Å². The average molecular weight is 224 g/mol. The van der Waals surface area contributed by atoms with E-state index >= 15 is 0 Å². The SMILES string of the molecule is Cc1c(N(C)C(C)CO)cccc1[N+](=O)[O-]. The first-order chi connectivity index (χ1) is 7.49. The lowest BCUT2D eigenvalue weighted by Gasteiger charge is -2.26. The quantitative estimate of drug-likeness (QED) is 0.624. The molecule has 16 heavy (non-hydrogen) atoms. The van der Waals surface area contributed by atoms with E-state index in [2.05, 4.69) is 0 Å². The second kappa shape index (κ2) is 4.94. The van der Waals surface area contributed by atoms with E-state index in [4.69, 9.17) is 5.11 Å². The van der Waals surface area contributed by atoms with Crippen molar-refractivity contribution in [1.29, 1.82) is 0 Å². The highest BCUT2D eigenvalue weighted by atomic mass is 16.6. The number of aliphatic hydroxyl groups is 1. The summed E-state index contributed by atoms with van der Waals surface area (Å²) in [5.41, 5.74) is 1.50. The van der Waals surface area contributed by atoms with Crippen molar-refractivity contribution in [2.24, 2.45) is 0 Å². The zero-order valence-corrected chi connectivity index (χ0v) is 9.67. The molecule has 1 aromatic rings. The van der Waals surface area contributed by atoms with Crippen LogP contribution in [-0.2, 0) is 0 Å². The van der Waals surface area contributed by atoms with E-state index in [0.717, 1.165) is 5.69 Å². The van der Waals surface area contributed by atoms with Crippen LogP contribution in [0.4, 0.5) is 11.4 Å². The Bertz CT molecular complexity index is 393. The summed E-state index contributed by atoms with van der Waals surface area (Å²) in [6, 6.07) is 4.88. The third kappa shape index (κ3) is 2.30. The number of hydrogen-bond acceptors (Lipinski definition) is 4. The summed E-state index contributed by atoms with van der Waals surface area (Å²) in [5.74, 6) is 0. The van der Waals surface area contributed by atoms with Gasteiger partial charge in [0.05, 0.1) is 17.1 Å². The van der Waals surface area contributed by atoms with Crippen LogP contribution in [0.25, 0.3) is 0 Å². The minimum Gasteiger partial charge on any atom is -0.394 e. The summed E-state index contributed by atoms with van der Waals surface area (Å²) in [6.45, 7) is 3.59. The molecule has 0 saturated carbocycles. The average Bonchev–Trinajstić information content (AvgIpc) is 2.27. The van der Waals surface area contributed by atoms with Gasteiger partial charge in [-0.15, -0.1) is 0 Å². The highest BCUT2D eigenvalue weighted by Gasteiger charge is 2.17. The normalized spacial score (nSPS) is 12.2. The molecule has 1 N–H and O–H groups in total. The van der Waals surface area contributed by atoms with Gasteiger partial charge in [-0.2, -0.15) is 0 Å². The van der Waals surface area contributed by atoms with Crippen LogP contribution in [0.2, 0.25) is 0 Å². The van der Waals surface area contributed by atoms with Crippen LogP contribution in [0, 0.1) is 17.0 Å². The van der Waals surface area contributed by atoms with Gasteiger partial charge in [0, 0.05) is 24.8 Å². The minimum absolute atomic E-state index is 0.0125. The molecule has 1 atom stereocenters. The molecular weight excluding hydrogens is 208 g/mol. The Labute approximate surface area is 94.5 Å². The molecule has 0 saturated heterocycles. The van der Waals surface area contributed by atoms with E-state index in [-0.39, 0.29) is 18.3 Å². The summed E-state index contributed by atoms with van der Waals surface area (Å²) < 4.78 is 0. The first-order valence-corrected chi connectivity index (χ1v) is 5.06. The maximum Gasteiger partial charge on any atom is 0.274 e. The lowest BCUT2D eigenvalue weighted by Crippen LogP contribution is -2.32. The molecule has 0 aromatic heterocycles. The van der Waals surface area contributed by atoms with Crippen molar-refractivity contribution in [3.63, 3.8) is 0 Å². The molecule has 0 fully saturated rings. The molecule has 1 unspecified atom stereocenters. The topological polar surface area (TPSA) is 66.6 Å². The Morgan fingerprint density at radius 3 is 2.69 bits per heavy atom. The fourth-order valence-electron chi connectivity index (χ4n) is 1.55. The van der Waals surface area contributed by atoms with Gasteiger partial charge in [0.1, 0.15) is 0 Å². The third-order valence-corrected chi connectivity index (χ3v) is 2.78. The number of aliphatic hydroxyl groups excluding tert-OH is 1. The Morgan fingerprint density at radius 2 is 2.19 bits per heavy atom. The molecule has 0 heterocycles. The lowest BCUT2D eigenvalue weighted by atomic mass is 10.1. The molecule has 5 nitrogen and oxygen atoms in total. The van der Waals surface area contributed by atoms with Gasteiger partial charge in [-0.1, -0.05) is 6.07 Å². The molecule has 0 aliphatic carbocycles. The molecular formula is C11H16N2O3. The third-order valence-electron chi connectivity index (χ3n) is 2.78. The van der Waals surface area contributed by atoms with Crippen LogP contribution in [0.15, 0.2) is 18.2 Å². The fraction of sp³-hybridized carbons (Fsp3) is 0.455. The molecule has 0 bridgehead atoms. The van der Waals surface area contributed by atoms with Gasteiger partial charge >= 0.3 is 0 Å². The highest BCUT2D eigenvalue weighted by Crippen LogP contribution is 2.28.